The third kappa shape index (κ3) is 3.15. The molecule has 1 saturated carbocycles. The Balaban J connectivity index is 2.07. The van der Waals surface area contributed by atoms with Crippen LogP contribution in [0.1, 0.15) is 31.9 Å². The second kappa shape index (κ2) is 6.03. The molecule has 0 aromatic carbocycles. The van der Waals surface area contributed by atoms with Crippen molar-refractivity contribution in [2.75, 3.05) is 5.32 Å². The van der Waals surface area contributed by atoms with Crippen LogP contribution in [0.3, 0.4) is 0 Å². The molecule has 3 atom stereocenters. The molecule has 5 nitrogen and oxygen atoms in total. The first-order chi connectivity index (χ1) is 9.51. The standard InChI is InChI=1S/C15H20N2O3/c1-3-10-6-12(13(7-10)15(19)20)14(18)17-11-5-4-9(2)16-8-11/h4-5,8,10,12-13H,3,6-7H2,1-2H3,(H,17,18)(H,19,20). The second-order valence-corrected chi connectivity index (χ2v) is 5.47. The number of hydrogen-bond acceptors (Lipinski definition) is 3. The molecule has 1 aromatic heterocycles. The van der Waals surface area contributed by atoms with E-state index >= 15 is 0 Å². The van der Waals surface area contributed by atoms with Gasteiger partial charge in [0.05, 0.1) is 23.7 Å². The summed E-state index contributed by atoms with van der Waals surface area (Å²) in [5.41, 5.74) is 1.49. The summed E-state index contributed by atoms with van der Waals surface area (Å²) < 4.78 is 0. The Morgan fingerprint density at radius 1 is 1.35 bits per heavy atom. The number of carboxylic acids is 1. The molecule has 1 aliphatic carbocycles. The number of carbonyl (C=O) groups is 2. The Kier molecular flexibility index (Phi) is 4.37. The van der Waals surface area contributed by atoms with Crippen LogP contribution in [0, 0.1) is 24.7 Å². The van der Waals surface area contributed by atoms with E-state index in [0.29, 0.717) is 24.4 Å². The lowest BCUT2D eigenvalue weighted by molar-refractivity contribution is -0.145. The Labute approximate surface area is 118 Å². The highest BCUT2D eigenvalue weighted by molar-refractivity contribution is 5.95. The van der Waals surface area contributed by atoms with Crippen LogP contribution >= 0.6 is 0 Å². The van der Waals surface area contributed by atoms with Gasteiger partial charge in [-0.15, -0.1) is 0 Å². The van der Waals surface area contributed by atoms with E-state index in [9.17, 15) is 14.7 Å². The van der Waals surface area contributed by atoms with E-state index in [2.05, 4.69) is 10.3 Å². The van der Waals surface area contributed by atoms with Crippen molar-refractivity contribution in [3.8, 4) is 0 Å². The fourth-order valence-corrected chi connectivity index (χ4v) is 2.82. The molecule has 1 amide bonds. The van der Waals surface area contributed by atoms with Crippen molar-refractivity contribution in [3.05, 3.63) is 24.0 Å². The maximum Gasteiger partial charge on any atom is 0.307 e. The molecular weight excluding hydrogens is 256 g/mol. The molecule has 5 heteroatoms. The Bertz CT molecular complexity index is 498. The minimum Gasteiger partial charge on any atom is -0.481 e. The van der Waals surface area contributed by atoms with Crippen LogP contribution in [0.15, 0.2) is 18.3 Å². The molecule has 1 heterocycles. The fraction of sp³-hybridized carbons (Fsp3) is 0.533. The zero-order valence-corrected chi connectivity index (χ0v) is 11.8. The van der Waals surface area contributed by atoms with Crippen LogP contribution in [0.4, 0.5) is 5.69 Å². The highest BCUT2D eigenvalue weighted by Gasteiger charge is 2.42. The SMILES string of the molecule is CCC1CC(C(=O)O)C(C(=O)Nc2ccc(C)nc2)C1. The molecule has 20 heavy (non-hydrogen) atoms. The Morgan fingerprint density at radius 2 is 2.05 bits per heavy atom. The van der Waals surface area contributed by atoms with Crippen LogP contribution in [0.25, 0.3) is 0 Å². The largest absolute Gasteiger partial charge is 0.481 e. The van der Waals surface area contributed by atoms with Gasteiger partial charge in [0.1, 0.15) is 0 Å². The number of aromatic nitrogens is 1. The van der Waals surface area contributed by atoms with Gasteiger partial charge in [-0.25, -0.2) is 0 Å². The van der Waals surface area contributed by atoms with Gasteiger partial charge in [0.15, 0.2) is 0 Å². The van der Waals surface area contributed by atoms with E-state index in [-0.39, 0.29) is 5.91 Å². The molecule has 0 aliphatic heterocycles. The number of amides is 1. The maximum atomic E-state index is 12.3. The van der Waals surface area contributed by atoms with Crippen molar-refractivity contribution in [2.24, 2.45) is 17.8 Å². The van der Waals surface area contributed by atoms with E-state index in [1.54, 1.807) is 12.3 Å². The predicted octanol–water partition coefficient (Wildman–Crippen LogP) is 2.47. The van der Waals surface area contributed by atoms with Gasteiger partial charge < -0.3 is 10.4 Å². The van der Waals surface area contributed by atoms with Crippen molar-refractivity contribution in [2.45, 2.75) is 33.1 Å². The van der Waals surface area contributed by atoms with Crippen LogP contribution < -0.4 is 5.32 Å². The Morgan fingerprint density at radius 3 is 2.60 bits per heavy atom. The van der Waals surface area contributed by atoms with E-state index in [0.717, 1.165) is 12.1 Å². The molecule has 108 valence electrons. The summed E-state index contributed by atoms with van der Waals surface area (Å²) >= 11 is 0. The van der Waals surface area contributed by atoms with E-state index in [4.69, 9.17) is 0 Å². The number of nitrogens with one attached hydrogen (secondary N) is 1. The maximum absolute atomic E-state index is 12.3. The lowest BCUT2D eigenvalue weighted by Crippen LogP contribution is -2.30. The van der Waals surface area contributed by atoms with Crippen molar-refractivity contribution < 1.29 is 14.7 Å². The number of rotatable bonds is 4. The summed E-state index contributed by atoms with van der Waals surface area (Å²) in [4.78, 5) is 27.7. The first kappa shape index (κ1) is 14.5. The first-order valence-corrected chi connectivity index (χ1v) is 6.97. The van der Waals surface area contributed by atoms with Crippen LogP contribution in [0.5, 0.6) is 0 Å². The van der Waals surface area contributed by atoms with Gasteiger partial charge in [0, 0.05) is 5.69 Å². The zero-order valence-electron chi connectivity index (χ0n) is 11.8. The average molecular weight is 276 g/mol. The zero-order chi connectivity index (χ0) is 14.7. The number of hydrogen-bond donors (Lipinski definition) is 2. The molecule has 2 rings (SSSR count). The second-order valence-electron chi connectivity index (χ2n) is 5.47. The molecule has 1 aromatic rings. The quantitative estimate of drug-likeness (QED) is 0.885. The predicted molar refractivity (Wildman–Crippen MR) is 75.2 cm³/mol. The van der Waals surface area contributed by atoms with Gasteiger partial charge in [-0.05, 0) is 37.8 Å². The van der Waals surface area contributed by atoms with Gasteiger partial charge in [-0.3, -0.25) is 14.6 Å². The molecule has 0 radical (unpaired) electrons. The third-order valence-corrected chi connectivity index (χ3v) is 4.07. The minimum atomic E-state index is -0.872. The van der Waals surface area contributed by atoms with Gasteiger partial charge in [0.2, 0.25) is 5.91 Å². The topological polar surface area (TPSA) is 79.3 Å². The van der Waals surface area contributed by atoms with Crippen molar-refractivity contribution >= 4 is 17.6 Å². The van der Waals surface area contributed by atoms with Gasteiger partial charge >= 0.3 is 5.97 Å². The number of aliphatic carboxylic acids is 1. The van der Waals surface area contributed by atoms with E-state index < -0.39 is 17.8 Å². The Hall–Kier alpha value is -1.91. The monoisotopic (exact) mass is 276 g/mol. The molecule has 0 saturated heterocycles. The highest BCUT2D eigenvalue weighted by Crippen LogP contribution is 2.38. The molecule has 1 fully saturated rings. The smallest absolute Gasteiger partial charge is 0.307 e. The molecule has 0 spiro atoms. The van der Waals surface area contributed by atoms with Crippen molar-refractivity contribution in [1.29, 1.82) is 0 Å². The number of nitrogens with zero attached hydrogens (tertiary/aromatic N) is 1. The third-order valence-electron chi connectivity index (χ3n) is 4.07. The van der Waals surface area contributed by atoms with Crippen LogP contribution in [0.2, 0.25) is 0 Å². The molecule has 2 N–H and O–H groups in total. The lowest BCUT2D eigenvalue weighted by Gasteiger charge is -2.15. The highest BCUT2D eigenvalue weighted by atomic mass is 16.4. The lowest BCUT2D eigenvalue weighted by atomic mass is 9.95. The summed E-state index contributed by atoms with van der Waals surface area (Å²) in [5, 5.41) is 12.0. The fourth-order valence-electron chi connectivity index (χ4n) is 2.82. The number of carbonyl (C=O) groups excluding carboxylic acids is 1. The van der Waals surface area contributed by atoms with Crippen molar-refractivity contribution in [3.63, 3.8) is 0 Å². The number of carboxylic acid groups (broad SMARTS) is 1. The summed E-state index contributed by atoms with van der Waals surface area (Å²) in [6.07, 6.45) is 3.75. The summed E-state index contributed by atoms with van der Waals surface area (Å²) in [5.74, 6) is -1.78. The summed E-state index contributed by atoms with van der Waals surface area (Å²) in [6, 6.07) is 3.59. The van der Waals surface area contributed by atoms with Crippen LogP contribution in [-0.4, -0.2) is 22.0 Å². The summed E-state index contributed by atoms with van der Waals surface area (Å²) in [7, 11) is 0. The molecule has 0 bridgehead atoms. The van der Waals surface area contributed by atoms with Crippen molar-refractivity contribution in [1.82, 2.24) is 4.98 Å². The number of pyridine rings is 1. The number of anilines is 1. The normalized spacial score (nSPS) is 25.4. The van der Waals surface area contributed by atoms with E-state index in [1.807, 2.05) is 19.9 Å². The van der Waals surface area contributed by atoms with Gasteiger partial charge in [-0.2, -0.15) is 0 Å². The van der Waals surface area contributed by atoms with Gasteiger partial charge in [-0.1, -0.05) is 13.3 Å². The summed E-state index contributed by atoms with van der Waals surface area (Å²) in [6.45, 7) is 3.91. The average Bonchev–Trinajstić information content (AvgIpc) is 2.86. The first-order valence-electron chi connectivity index (χ1n) is 6.97. The van der Waals surface area contributed by atoms with Crippen LogP contribution in [-0.2, 0) is 9.59 Å². The number of aryl methyl sites for hydroxylation is 1. The van der Waals surface area contributed by atoms with Gasteiger partial charge in [0.25, 0.3) is 0 Å². The molecular formula is C15H20N2O3. The van der Waals surface area contributed by atoms with E-state index in [1.165, 1.54) is 0 Å². The molecule has 1 aliphatic rings. The minimum absolute atomic E-state index is 0.209. The molecule has 3 unspecified atom stereocenters.